The summed E-state index contributed by atoms with van der Waals surface area (Å²) in [7, 11) is 0. The Kier molecular flexibility index (Phi) is 3.78. The van der Waals surface area contributed by atoms with Gasteiger partial charge in [0.1, 0.15) is 6.07 Å². The smallest absolute Gasteiger partial charge is 0.416 e. The maximum Gasteiger partial charge on any atom is 0.416 e. The van der Waals surface area contributed by atoms with Crippen molar-refractivity contribution in [2.45, 2.75) is 18.1 Å². The molecule has 1 aliphatic heterocycles. The quantitative estimate of drug-likeness (QED) is 0.894. The van der Waals surface area contributed by atoms with Gasteiger partial charge in [-0.15, -0.1) is 0 Å². The molecule has 8 heteroatoms. The third kappa shape index (κ3) is 2.92. The lowest BCUT2D eigenvalue weighted by atomic mass is 9.97. The first-order valence-corrected chi connectivity index (χ1v) is 5.99. The third-order valence-corrected chi connectivity index (χ3v) is 3.27. The summed E-state index contributed by atoms with van der Waals surface area (Å²) in [5.74, 6) is -1.18. The number of carboxylic acid groups (broad SMARTS) is 1. The van der Waals surface area contributed by atoms with Gasteiger partial charge in [0.05, 0.1) is 23.4 Å². The number of hydrogen-bond acceptors (Lipinski definition) is 4. The van der Waals surface area contributed by atoms with Crippen molar-refractivity contribution in [3.8, 4) is 6.07 Å². The van der Waals surface area contributed by atoms with Gasteiger partial charge >= 0.3 is 12.1 Å². The maximum atomic E-state index is 12.6. The Morgan fingerprint density at radius 2 is 2.19 bits per heavy atom. The van der Waals surface area contributed by atoms with Crippen LogP contribution in [-0.4, -0.2) is 29.8 Å². The molecule has 1 atom stereocenters. The summed E-state index contributed by atoms with van der Waals surface area (Å²) in [5.41, 5.74) is -2.61. The second-order valence-electron chi connectivity index (χ2n) is 4.68. The zero-order chi connectivity index (χ0) is 15.7. The Bertz CT molecular complexity index is 602. The molecule has 1 fully saturated rings. The number of benzene rings is 1. The van der Waals surface area contributed by atoms with Crippen molar-refractivity contribution >= 4 is 11.7 Å². The zero-order valence-corrected chi connectivity index (χ0v) is 10.7. The summed E-state index contributed by atoms with van der Waals surface area (Å²) in [4.78, 5) is 11.3. The number of anilines is 1. The van der Waals surface area contributed by atoms with Crippen LogP contribution in [0.3, 0.4) is 0 Å². The van der Waals surface area contributed by atoms with Crippen LogP contribution in [0.4, 0.5) is 18.9 Å². The van der Waals surface area contributed by atoms with Crippen LogP contribution in [-0.2, 0) is 15.7 Å². The predicted molar refractivity (Wildman–Crippen MR) is 65.6 cm³/mol. The molecule has 0 aromatic heterocycles. The molecular weight excluding hydrogens is 289 g/mol. The number of hydrogen-bond donors (Lipinski definition) is 2. The van der Waals surface area contributed by atoms with Crippen LogP contribution in [0.25, 0.3) is 0 Å². The van der Waals surface area contributed by atoms with Gasteiger partial charge in [0, 0.05) is 13.0 Å². The fraction of sp³-hybridized carbons (Fsp3) is 0.385. The number of ether oxygens (including phenoxy) is 1. The van der Waals surface area contributed by atoms with Crippen molar-refractivity contribution in [1.82, 2.24) is 0 Å². The zero-order valence-electron chi connectivity index (χ0n) is 10.7. The summed E-state index contributed by atoms with van der Waals surface area (Å²) in [6, 6.07) is 4.19. The molecule has 0 bridgehead atoms. The van der Waals surface area contributed by atoms with Crippen molar-refractivity contribution in [3.05, 3.63) is 29.3 Å². The predicted octanol–water partition coefficient (Wildman–Crippen LogP) is 2.23. The van der Waals surface area contributed by atoms with E-state index in [9.17, 15) is 23.1 Å². The monoisotopic (exact) mass is 300 g/mol. The van der Waals surface area contributed by atoms with Gasteiger partial charge in [-0.2, -0.15) is 18.4 Å². The number of alkyl halides is 3. The van der Waals surface area contributed by atoms with Crippen LogP contribution in [0, 0.1) is 11.3 Å². The van der Waals surface area contributed by atoms with Gasteiger partial charge in [0.2, 0.25) is 0 Å². The number of nitrogens with one attached hydrogen (secondary N) is 1. The first kappa shape index (κ1) is 15.1. The summed E-state index contributed by atoms with van der Waals surface area (Å²) >= 11 is 0. The number of rotatable bonds is 3. The van der Waals surface area contributed by atoms with Crippen molar-refractivity contribution < 1.29 is 27.8 Å². The number of carbonyl (C=O) groups is 1. The minimum Gasteiger partial charge on any atom is -0.479 e. The second-order valence-corrected chi connectivity index (χ2v) is 4.68. The molecule has 21 heavy (non-hydrogen) atoms. The normalized spacial score (nSPS) is 21.8. The Balaban J connectivity index is 2.37. The largest absolute Gasteiger partial charge is 0.479 e. The van der Waals surface area contributed by atoms with Gasteiger partial charge < -0.3 is 15.2 Å². The van der Waals surface area contributed by atoms with Crippen LogP contribution in [0.2, 0.25) is 0 Å². The fourth-order valence-corrected chi connectivity index (χ4v) is 2.07. The van der Waals surface area contributed by atoms with Crippen LogP contribution in [0.1, 0.15) is 17.5 Å². The van der Waals surface area contributed by atoms with Crippen molar-refractivity contribution in [2.24, 2.45) is 0 Å². The number of nitriles is 1. The number of carboxylic acids is 1. The first-order chi connectivity index (χ1) is 9.78. The summed E-state index contributed by atoms with van der Waals surface area (Å²) in [6.07, 6.45) is -4.40. The molecule has 1 aromatic rings. The molecule has 2 N–H and O–H groups in total. The van der Waals surface area contributed by atoms with Gasteiger partial charge in [0.15, 0.2) is 5.54 Å². The highest BCUT2D eigenvalue weighted by Gasteiger charge is 2.43. The van der Waals surface area contributed by atoms with Crippen LogP contribution >= 0.6 is 0 Å². The topological polar surface area (TPSA) is 82.4 Å². The highest BCUT2D eigenvalue weighted by molar-refractivity contribution is 5.84. The average Bonchev–Trinajstić information content (AvgIpc) is 2.88. The summed E-state index contributed by atoms with van der Waals surface area (Å²) in [5, 5.41) is 20.9. The van der Waals surface area contributed by atoms with E-state index in [1.54, 1.807) is 6.07 Å². The van der Waals surface area contributed by atoms with Crippen molar-refractivity contribution in [1.29, 1.82) is 5.26 Å². The minimum atomic E-state index is -4.56. The molecule has 5 nitrogen and oxygen atoms in total. The average molecular weight is 300 g/mol. The maximum absolute atomic E-state index is 12.6. The van der Waals surface area contributed by atoms with E-state index in [-0.39, 0.29) is 30.9 Å². The Hall–Kier alpha value is -2.27. The van der Waals surface area contributed by atoms with Crippen LogP contribution in [0.5, 0.6) is 0 Å². The van der Waals surface area contributed by atoms with E-state index in [0.717, 1.165) is 12.1 Å². The lowest BCUT2D eigenvalue weighted by Gasteiger charge is -2.25. The summed E-state index contributed by atoms with van der Waals surface area (Å²) in [6.45, 7) is 0.107. The molecule has 0 aliphatic carbocycles. The van der Waals surface area contributed by atoms with E-state index in [0.29, 0.717) is 6.07 Å². The van der Waals surface area contributed by atoms with E-state index in [2.05, 4.69) is 5.32 Å². The lowest BCUT2D eigenvalue weighted by molar-refractivity contribution is -0.142. The van der Waals surface area contributed by atoms with Gasteiger partial charge in [-0.3, -0.25) is 0 Å². The highest BCUT2D eigenvalue weighted by atomic mass is 19.4. The molecule has 2 rings (SSSR count). The molecule has 1 aliphatic rings. The molecule has 0 amide bonds. The van der Waals surface area contributed by atoms with Gasteiger partial charge in [-0.25, -0.2) is 4.79 Å². The number of nitrogens with zero attached hydrogens (tertiary/aromatic N) is 1. The van der Waals surface area contributed by atoms with Gasteiger partial charge in [-0.05, 0) is 18.2 Å². The fourth-order valence-electron chi connectivity index (χ4n) is 2.07. The molecular formula is C13H11F3N2O3. The Morgan fingerprint density at radius 1 is 1.48 bits per heavy atom. The van der Waals surface area contributed by atoms with Crippen molar-refractivity contribution in [3.63, 3.8) is 0 Å². The third-order valence-electron chi connectivity index (χ3n) is 3.27. The number of aliphatic carboxylic acids is 1. The molecule has 0 radical (unpaired) electrons. The standard InChI is InChI=1S/C13H11F3N2O3/c14-13(15,16)9-1-2-10(8(5-9)6-17)18-12(11(19)20)3-4-21-7-12/h1-2,5,18H,3-4,7H2,(H,19,20). The molecule has 0 saturated carbocycles. The molecule has 112 valence electrons. The minimum absolute atomic E-state index is 0.0402. The van der Waals surface area contributed by atoms with E-state index in [1.165, 1.54) is 0 Å². The van der Waals surface area contributed by atoms with E-state index >= 15 is 0 Å². The highest BCUT2D eigenvalue weighted by Crippen LogP contribution is 2.33. The Morgan fingerprint density at radius 3 is 2.67 bits per heavy atom. The summed E-state index contributed by atoms with van der Waals surface area (Å²) < 4.78 is 42.8. The molecule has 1 aromatic carbocycles. The Labute approximate surface area is 117 Å². The first-order valence-electron chi connectivity index (χ1n) is 5.99. The molecule has 1 heterocycles. The molecule has 0 spiro atoms. The van der Waals surface area contributed by atoms with E-state index < -0.39 is 23.2 Å². The lowest BCUT2D eigenvalue weighted by Crippen LogP contribution is -2.47. The van der Waals surface area contributed by atoms with Gasteiger partial charge in [0.25, 0.3) is 0 Å². The van der Waals surface area contributed by atoms with Crippen LogP contribution < -0.4 is 5.32 Å². The number of halogens is 3. The molecule has 1 unspecified atom stereocenters. The van der Waals surface area contributed by atoms with E-state index in [1.807, 2.05) is 0 Å². The molecule has 1 saturated heterocycles. The van der Waals surface area contributed by atoms with Crippen LogP contribution in [0.15, 0.2) is 18.2 Å². The van der Waals surface area contributed by atoms with Crippen molar-refractivity contribution in [2.75, 3.05) is 18.5 Å². The second kappa shape index (κ2) is 5.26. The van der Waals surface area contributed by atoms with Gasteiger partial charge in [-0.1, -0.05) is 0 Å². The van der Waals surface area contributed by atoms with E-state index in [4.69, 9.17) is 10.00 Å². The SMILES string of the molecule is N#Cc1cc(C(F)(F)F)ccc1NC1(C(=O)O)CCOC1.